The predicted octanol–water partition coefficient (Wildman–Crippen LogP) is 6.69. The van der Waals surface area contributed by atoms with Gasteiger partial charge in [0.1, 0.15) is 41.0 Å². The van der Waals surface area contributed by atoms with Crippen LogP contribution < -0.4 is 15.4 Å². The number of fused-ring (bicyclic) bond motifs is 3. The lowest BCUT2D eigenvalue weighted by Gasteiger charge is -2.34. The number of ether oxygens (including phenoxy) is 1. The van der Waals surface area contributed by atoms with Crippen molar-refractivity contribution in [1.82, 2.24) is 19.8 Å². The van der Waals surface area contributed by atoms with Gasteiger partial charge in [-0.25, -0.2) is 13.2 Å². The average Bonchev–Trinajstić information content (AvgIpc) is 3.79. The lowest BCUT2D eigenvalue weighted by atomic mass is 9.95. The highest BCUT2D eigenvalue weighted by molar-refractivity contribution is 7.23. The van der Waals surface area contributed by atoms with Gasteiger partial charge in [0.2, 0.25) is 5.91 Å². The lowest BCUT2D eigenvalue weighted by molar-refractivity contribution is -0.129. The maximum absolute atomic E-state index is 17.1. The molecule has 2 N–H and O–H groups in total. The van der Waals surface area contributed by atoms with Crippen molar-refractivity contribution >= 4 is 60.7 Å². The van der Waals surface area contributed by atoms with E-state index in [-0.39, 0.29) is 72.9 Å². The Hall–Kier alpha value is -3.86. The summed E-state index contributed by atoms with van der Waals surface area (Å²) in [6, 6.07) is 5.83. The molecule has 3 fully saturated rings. The molecule has 3 saturated heterocycles. The maximum Gasteiger partial charge on any atom is 0.319 e. The molecule has 0 unspecified atom stereocenters. The average molecular weight is 698 g/mol. The Morgan fingerprint density at radius 1 is 1.31 bits per heavy atom. The van der Waals surface area contributed by atoms with Gasteiger partial charge in [0, 0.05) is 55.4 Å². The van der Waals surface area contributed by atoms with E-state index in [1.165, 1.54) is 12.1 Å². The molecule has 7 rings (SSSR count). The summed E-state index contributed by atoms with van der Waals surface area (Å²) >= 11 is 7.79. The number of benzene rings is 2. The van der Waals surface area contributed by atoms with Gasteiger partial charge < -0.3 is 20.3 Å². The van der Waals surface area contributed by atoms with Crippen molar-refractivity contribution in [2.24, 2.45) is 0 Å². The van der Waals surface area contributed by atoms with Crippen LogP contribution in [0.5, 0.6) is 6.01 Å². The summed E-state index contributed by atoms with van der Waals surface area (Å²) in [5.74, 6) is -1.02. The second-order valence-electron chi connectivity index (χ2n) is 13.0. The summed E-state index contributed by atoms with van der Waals surface area (Å²) < 4.78 is 52.9. The molecule has 3 aliphatic heterocycles. The number of likely N-dealkylation sites (N-methyl/N-ethyl adjacent to an activating group) is 1. The Balaban J connectivity index is 1.41. The molecule has 252 valence electrons. The molecule has 0 aliphatic carbocycles. The monoisotopic (exact) mass is 697 g/mol. The van der Waals surface area contributed by atoms with E-state index < -0.39 is 23.3 Å². The van der Waals surface area contributed by atoms with E-state index in [9.17, 15) is 18.8 Å². The molecular weight excluding hydrogens is 663 g/mol. The van der Waals surface area contributed by atoms with E-state index in [1.807, 2.05) is 24.8 Å². The first-order chi connectivity index (χ1) is 23.0. The molecular formula is C34H35ClF3N7O2S. The van der Waals surface area contributed by atoms with Crippen molar-refractivity contribution in [3.63, 3.8) is 0 Å². The van der Waals surface area contributed by atoms with Crippen molar-refractivity contribution < 1.29 is 22.7 Å². The molecule has 4 aromatic rings. The number of carbonyl (C=O) groups is 1. The van der Waals surface area contributed by atoms with Crippen LogP contribution >= 0.6 is 22.9 Å². The van der Waals surface area contributed by atoms with Crippen molar-refractivity contribution in [3.05, 3.63) is 40.4 Å². The second kappa shape index (κ2) is 12.2. The number of hydrogen-bond acceptors (Lipinski definition) is 9. The van der Waals surface area contributed by atoms with Gasteiger partial charge >= 0.3 is 6.01 Å². The summed E-state index contributed by atoms with van der Waals surface area (Å²) in [6.07, 6.45) is 1.76. The number of nitrogens with zero attached hydrogens (tertiary/aromatic N) is 6. The number of anilines is 2. The van der Waals surface area contributed by atoms with Gasteiger partial charge in [-0.15, -0.1) is 11.3 Å². The van der Waals surface area contributed by atoms with Gasteiger partial charge in [-0.1, -0.05) is 17.7 Å². The Morgan fingerprint density at radius 2 is 2.10 bits per heavy atom. The number of likely N-dealkylation sites (tertiary alicyclic amines) is 1. The first-order valence-electron chi connectivity index (χ1n) is 16.1. The third-order valence-corrected chi connectivity index (χ3v) is 11.7. The molecule has 48 heavy (non-hydrogen) atoms. The minimum atomic E-state index is -0.954. The second-order valence-corrected chi connectivity index (χ2v) is 14.4. The van der Waals surface area contributed by atoms with E-state index >= 15 is 4.39 Å². The fourth-order valence-electron chi connectivity index (χ4n) is 8.17. The molecule has 0 saturated carbocycles. The molecule has 0 radical (unpaired) electrons. The summed E-state index contributed by atoms with van der Waals surface area (Å²) in [4.78, 5) is 27.7. The molecule has 0 spiro atoms. The molecule has 4 atom stereocenters. The quantitative estimate of drug-likeness (QED) is 0.228. The fraction of sp³-hybridized carbons (Fsp3) is 0.471. The molecule has 9 nitrogen and oxygen atoms in total. The van der Waals surface area contributed by atoms with Crippen LogP contribution in [0.25, 0.3) is 32.1 Å². The number of nitriles is 1. The number of alkyl halides is 1. The fourth-order valence-corrected chi connectivity index (χ4v) is 9.42. The first-order valence-corrected chi connectivity index (χ1v) is 17.3. The SMILES string of the molecule is CCN(c1nc(OC[C@@]23CCCN2C[C@H](F)C3)nc2c(F)c(-c3ccc(F)c4sc(N)c(C#N)c34)c(Cl)cc12)[C@@H]1CCN(C(C)=O)[C@H]1C. The Bertz CT molecular complexity index is 2000. The van der Waals surface area contributed by atoms with Gasteiger partial charge in [0.15, 0.2) is 5.82 Å². The number of halogens is 4. The summed E-state index contributed by atoms with van der Waals surface area (Å²) in [6.45, 7) is 7.80. The van der Waals surface area contributed by atoms with E-state index in [4.69, 9.17) is 27.1 Å². The molecule has 3 aliphatic rings. The predicted molar refractivity (Wildman–Crippen MR) is 181 cm³/mol. The first kappa shape index (κ1) is 32.7. The summed E-state index contributed by atoms with van der Waals surface area (Å²) in [5.41, 5.74) is 5.70. The van der Waals surface area contributed by atoms with Crippen molar-refractivity contribution in [2.75, 3.05) is 43.4 Å². The molecule has 5 heterocycles. The smallest absolute Gasteiger partial charge is 0.319 e. The number of carbonyl (C=O) groups excluding carboxylic acids is 1. The van der Waals surface area contributed by atoms with Gasteiger partial charge in [0.25, 0.3) is 0 Å². The zero-order valence-electron chi connectivity index (χ0n) is 26.8. The zero-order chi connectivity index (χ0) is 34.1. The number of nitrogen functional groups attached to an aromatic ring is 1. The highest BCUT2D eigenvalue weighted by Crippen LogP contribution is 2.46. The Kier molecular flexibility index (Phi) is 8.33. The van der Waals surface area contributed by atoms with Crippen LogP contribution in [-0.2, 0) is 4.79 Å². The topological polar surface area (TPSA) is 112 Å². The third kappa shape index (κ3) is 5.11. The van der Waals surface area contributed by atoms with Crippen LogP contribution in [-0.4, -0.2) is 82.3 Å². The van der Waals surface area contributed by atoms with E-state index in [1.54, 1.807) is 17.9 Å². The van der Waals surface area contributed by atoms with Crippen molar-refractivity contribution in [1.29, 1.82) is 5.26 Å². The van der Waals surface area contributed by atoms with Crippen LogP contribution in [0.3, 0.4) is 0 Å². The largest absolute Gasteiger partial charge is 0.461 e. The molecule has 2 aromatic heterocycles. The minimum Gasteiger partial charge on any atom is -0.461 e. The van der Waals surface area contributed by atoms with Crippen LogP contribution in [0, 0.1) is 23.0 Å². The number of thiophene rings is 1. The van der Waals surface area contributed by atoms with Gasteiger partial charge in [-0.3, -0.25) is 9.69 Å². The summed E-state index contributed by atoms with van der Waals surface area (Å²) in [7, 11) is 0. The van der Waals surface area contributed by atoms with Crippen molar-refractivity contribution in [3.8, 4) is 23.2 Å². The molecule has 0 bridgehead atoms. The highest BCUT2D eigenvalue weighted by atomic mass is 35.5. The number of hydrogen-bond donors (Lipinski definition) is 1. The number of rotatable bonds is 7. The van der Waals surface area contributed by atoms with Crippen LogP contribution in [0.15, 0.2) is 18.2 Å². The number of nitrogens with two attached hydrogens (primary N) is 1. The molecule has 14 heteroatoms. The minimum absolute atomic E-state index is 0.0152. The normalized spacial score (nSPS) is 24.0. The Morgan fingerprint density at radius 3 is 2.81 bits per heavy atom. The van der Waals surface area contributed by atoms with Gasteiger partial charge in [-0.2, -0.15) is 15.2 Å². The van der Waals surface area contributed by atoms with Crippen LogP contribution in [0.4, 0.5) is 24.0 Å². The summed E-state index contributed by atoms with van der Waals surface area (Å²) in [5, 5.41) is 10.5. The van der Waals surface area contributed by atoms with E-state index in [2.05, 4.69) is 9.88 Å². The number of aromatic nitrogens is 2. The van der Waals surface area contributed by atoms with Crippen LogP contribution in [0.2, 0.25) is 5.02 Å². The van der Waals surface area contributed by atoms with Gasteiger partial charge in [-0.05, 0) is 57.4 Å². The standard InChI is InChI=1S/C34H35ClF3N7O2S/c1-4-44(25-8-11-45(17(25)2)18(3)46)32-21-12-23(35)27(20-6-7-24(37)30-26(20)22(14-39)31(40)48-30)28(38)29(21)41-33(42-32)47-16-34-9-5-10-43(34)15-19(36)13-34/h6-7,12,17,19,25H,4-5,8-11,13,15-16,40H2,1-3H3/t17-,19+,25+,34-/m0/s1. The lowest BCUT2D eigenvalue weighted by Crippen LogP contribution is -2.45. The zero-order valence-corrected chi connectivity index (χ0v) is 28.4. The molecule has 1 amide bonds. The van der Waals surface area contributed by atoms with E-state index in [0.717, 1.165) is 30.7 Å². The van der Waals surface area contributed by atoms with E-state index in [0.29, 0.717) is 43.7 Å². The third-order valence-electron chi connectivity index (χ3n) is 10.4. The number of amides is 1. The van der Waals surface area contributed by atoms with Crippen LogP contribution in [0.1, 0.15) is 52.0 Å². The Labute approximate surface area is 285 Å². The highest BCUT2D eigenvalue weighted by Gasteiger charge is 2.49. The maximum atomic E-state index is 17.1. The van der Waals surface area contributed by atoms with Gasteiger partial charge in [0.05, 0.1) is 26.9 Å². The molecule has 2 aromatic carbocycles. The van der Waals surface area contributed by atoms with Crippen molar-refractivity contribution in [2.45, 2.75) is 70.2 Å².